The van der Waals surface area contributed by atoms with Crippen molar-refractivity contribution < 1.29 is 0 Å². The summed E-state index contributed by atoms with van der Waals surface area (Å²) in [5, 5.41) is 3.92. The number of H-pyrrole nitrogens is 1. The molecule has 6 nitrogen and oxygen atoms in total. The summed E-state index contributed by atoms with van der Waals surface area (Å²) in [4.78, 5) is 20.9. The van der Waals surface area contributed by atoms with Gasteiger partial charge in [0.2, 0.25) is 0 Å². The Kier molecular flexibility index (Phi) is 3.03. The first-order valence-electron chi connectivity index (χ1n) is 4.60. The lowest BCUT2D eigenvalue weighted by molar-refractivity contribution is 1.06. The van der Waals surface area contributed by atoms with E-state index in [-0.39, 0.29) is 0 Å². The van der Waals surface area contributed by atoms with Gasteiger partial charge >= 0.3 is 5.69 Å². The van der Waals surface area contributed by atoms with Crippen molar-refractivity contribution in [2.24, 2.45) is 5.10 Å². The summed E-state index contributed by atoms with van der Waals surface area (Å²) in [5.74, 6) is 0.479. The topological polar surface area (TPSA) is 83.0 Å². The number of rotatable bonds is 3. The Balaban J connectivity index is 2.03. The second kappa shape index (κ2) is 4.83. The highest BCUT2D eigenvalue weighted by molar-refractivity contribution is 5.77. The highest BCUT2D eigenvalue weighted by atomic mass is 16.1. The van der Waals surface area contributed by atoms with Crippen LogP contribution in [-0.2, 0) is 0 Å². The predicted molar refractivity (Wildman–Crippen MR) is 60.3 cm³/mol. The van der Waals surface area contributed by atoms with E-state index in [1.54, 1.807) is 18.5 Å². The second-order valence-electron chi connectivity index (χ2n) is 2.91. The quantitative estimate of drug-likeness (QED) is 0.580. The smallest absolute Gasteiger partial charge is 0.291 e. The van der Waals surface area contributed by atoms with Gasteiger partial charge in [-0.1, -0.05) is 6.07 Å². The van der Waals surface area contributed by atoms with Crippen molar-refractivity contribution >= 4 is 12.0 Å². The van der Waals surface area contributed by atoms with Crippen LogP contribution in [0.5, 0.6) is 0 Å². The normalized spacial score (nSPS) is 10.5. The van der Waals surface area contributed by atoms with E-state index < -0.39 is 5.69 Å². The molecule has 0 atom stereocenters. The fourth-order valence-corrected chi connectivity index (χ4v) is 1.05. The summed E-state index contributed by atoms with van der Waals surface area (Å²) in [7, 11) is 0. The molecule has 2 aromatic rings. The highest BCUT2D eigenvalue weighted by Crippen LogP contribution is 1.95. The molecular weight excluding hydrogens is 206 g/mol. The van der Waals surface area contributed by atoms with Crippen molar-refractivity contribution in [1.29, 1.82) is 0 Å². The molecule has 2 heterocycles. The lowest BCUT2D eigenvalue weighted by Crippen LogP contribution is -2.10. The van der Waals surface area contributed by atoms with Gasteiger partial charge < -0.3 is 0 Å². The Bertz CT molecular complexity index is 534. The van der Waals surface area contributed by atoms with Crippen molar-refractivity contribution in [2.45, 2.75) is 0 Å². The number of nitrogens with zero attached hydrogens (tertiary/aromatic N) is 3. The Morgan fingerprint density at radius 2 is 2.19 bits per heavy atom. The Morgan fingerprint density at radius 1 is 1.25 bits per heavy atom. The number of anilines is 1. The van der Waals surface area contributed by atoms with Gasteiger partial charge in [-0.05, 0) is 18.2 Å². The highest BCUT2D eigenvalue weighted by Gasteiger charge is 1.89. The SMILES string of the molecule is O=c1nccc(N/N=C/c2ccccn2)[nH]1. The third-order valence-corrected chi connectivity index (χ3v) is 1.74. The molecule has 0 fully saturated rings. The number of nitrogens with one attached hydrogen (secondary N) is 2. The third-order valence-electron chi connectivity index (χ3n) is 1.74. The first kappa shape index (κ1) is 10.0. The maximum atomic E-state index is 10.9. The van der Waals surface area contributed by atoms with Crippen molar-refractivity contribution in [1.82, 2.24) is 15.0 Å². The van der Waals surface area contributed by atoms with Gasteiger partial charge in [0.1, 0.15) is 5.82 Å². The molecule has 0 saturated heterocycles. The zero-order valence-corrected chi connectivity index (χ0v) is 8.29. The summed E-state index contributed by atoms with van der Waals surface area (Å²) in [6.07, 6.45) is 4.63. The molecule has 0 aliphatic heterocycles. The lowest BCUT2D eigenvalue weighted by Gasteiger charge is -1.97. The number of aromatic amines is 1. The summed E-state index contributed by atoms with van der Waals surface area (Å²) in [5.41, 5.74) is 2.98. The van der Waals surface area contributed by atoms with Crippen molar-refractivity contribution in [3.05, 3.63) is 52.8 Å². The maximum Gasteiger partial charge on any atom is 0.346 e. The molecule has 16 heavy (non-hydrogen) atoms. The minimum absolute atomic E-state index is 0.418. The van der Waals surface area contributed by atoms with Crippen LogP contribution in [0.2, 0.25) is 0 Å². The fourth-order valence-electron chi connectivity index (χ4n) is 1.05. The molecule has 2 N–H and O–H groups in total. The van der Waals surface area contributed by atoms with Gasteiger partial charge in [0, 0.05) is 12.4 Å². The number of hydrogen-bond acceptors (Lipinski definition) is 5. The molecule has 0 saturated carbocycles. The van der Waals surface area contributed by atoms with Crippen LogP contribution in [0.3, 0.4) is 0 Å². The first-order chi connectivity index (χ1) is 7.84. The molecule has 0 amide bonds. The second-order valence-corrected chi connectivity index (χ2v) is 2.91. The van der Waals surface area contributed by atoms with Gasteiger partial charge in [0.25, 0.3) is 0 Å². The molecule has 80 valence electrons. The molecule has 2 aromatic heterocycles. The zero-order chi connectivity index (χ0) is 11.2. The van der Waals surface area contributed by atoms with E-state index in [1.165, 1.54) is 6.20 Å². The summed E-state index contributed by atoms with van der Waals surface area (Å²) >= 11 is 0. The van der Waals surface area contributed by atoms with E-state index in [9.17, 15) is 4.79 Å². The van der Waals surface area contributed by atoms with Crippen LogP contribution in [0.25, 0.3) is 0 Å². The van der Waals surface area contributed by atoms with Gasteiger partial charge in [-0.25, -0.2) is 9.78 Å². The molecule has 0 aliphatic rings. The van der Waals surface area contributed by atoms with E-state index in [2.05, 4.69) is 25.5 Å². The first-order valence-corrected chi connectivity index (χ1v) is 4.60. The summed E-state index contributed by atoms with van der Waals surface area (Å²) in [6, 6.07) is 7.12. The number of pyridine rings is 1. The molecular formula is C10H9N5O. The van der Waals surface area contributed by atoms with E-state index in [4.69, 9.17) is 0 Å². The van der Waals surface area contributed by atoms with E-state index in [1.807, 2.05) is 18.2 Å². The monoisotopic (exact) mass is 215 g/mol. The summed E-state index contributed by atoms with van der Waals surface area (Å²) in [6.45, 7) is 0. The summed E-state index contributed by atoms with van der Waals surface area (Å²) < 4.78 is 0. The van der Waals surface area contributed by atoms with Gasteiger partial charge in [0.15, 0.2) is 0 Å². The Labute approximate surface area is 91.1 Å². The fraction of sp³-hybridized carbons (Fsp3) is 0. The van der Waals surface area contributed by atoms with Crippen LogP contribution in [0.15, 0.2) is 46.6 Å². The largest absolute Gasteiger partial charge is 0.346 e. The van der Waals surface area contributed by atoms with Crippen LogP contribution in [0.1, 0.15) is 5.69 Å². The minimum atomic E-state index is -0.418. The van der Waals surface area contributed by atoms with Crippen LogP contribution < -0.4 is 11.1 Å². The molecule has 0 spiro atoms. The molecule has 0 aromatic carbocycles. The molecule has 0 aliphatic carbocycles. The minimum Gasteiger partial charge on any atom is -0.291 e. The lowest BCUT2D eigenvalue weighted by atomic mass is 10.4. The van der Waals surface area contributed by atoms with Crippen LogP contribution in [-0.4, -0.2) is 21.2 Å². The van der Waals surface area contributed by atoms with Crippen LogP contribution in [0, 0.1) is 0 Å². The molecule has 2 rings (SSSR count). The number of hydrogen-bond donors (Lipinski definition) is 2. The van der Waals surface area contributed by atoms with Crippen molar-refractivity contribution in [3.8, 4) is 0 Å². The Morgan fingerprint density at radius 3 is 2.94 bits per heavy atom. The van der Waals surface area contributed by atoms with Crippen molar-refractivity contribution in [3.63, 3.8) is 0 Å². The van der Waals surface area contributed by atoms with Gasteiger partial charge in [-0.15, -0.1) is 0 Å². The van der Waals surface area contributed by atoms with Gasteiger partial charge in [-0.3, -0.25) is 15.4 Å². The molecule has 0 unspecified atom stereocenters. The zero-order valence-electron chi connectivity index (χ0n) is 8.29. The molecule has 6 heteroatoms. The molecule has 0 radical (unpaired) electrons. The average molecular weight is 215 g/mol. The average Bonchev–Trinajstić information content (AvgIpc) is 2.30. The van der Waals surface area contributed by atoms with E-state index in [0.29, 0.717) is 5.82 Å². The number of hydrazone groups is 1. The maximum absolute atomic E-state index is 10.9. The van der Waals surface area contributed by atoms with Gasteiger partial charge in [0.05, 0.1) is 11.9 Å². The van der Waals surface area contributed by atoms with Crippen molar-refractivity contribution in [2.75, 3.05) is 5.43 Å². The van der Waals surface area contributed by atoms with E-state index >= 15 is 0 Å². The van der Waals surface area contributed by atoms with Crippen LogP contribution in [0.4, 0.5) is 5.82 Å². The standard InChI is InChI=1S/C10H9N5O/c16-10-12-6-4-9(14-10)15-13-7-8-3-1-2-5-11-8/h1-7H,(H2,12,14,15,16)/b13-7+. The Hall–Kier alpha value is -2.50. The van der Waals surface area contributed by atoms with Gasteiger partial charge in [-0.2, -0.15) is 5.10 Å². The van der Waals surface area contributed by atoms with E-state index in [0.717, 1.165) is 5.69 Å². The molecule has 0 bridgehead atoms. The predicted octanol–water partition coefficient (Wildman–Crippen LogP) is 0.611. The van der Waals surface area contributed by atoms with Crippen LogP contribution >= 0.6 is 0 Å². The third kappa shape index (κ3) is 2.74. The number of aromatic nitrogens is 3.